The van der Waals surface area contributed by atoms with Crippen molar-refractivity contribution >= 4 is 11.9 Å². The van der Waals surface area contributed by atoms with E-state index in [1.807, 2.05) is 4.90 Å². The number of piperidine rings is 1. The van der Waals surface area contributed by atoms with Gasteiger partial charge in [0.05, 0.1) is 20.3 Å². The van der Waals surface area contributed by atoms with E-state index >= 15 is 0 Å². The van der Waals surface area contributed by atoms with Crippen LogP contribution < -0.4 is 0 Å². The number of ether oxygens (including phenoxy) is 2. The maximum Gasteiger partial charge on any atom is 0.354 e. The van der Waals surface area contributed by atoms with E-state index in [0.29, 0.717) is 5.92 Å². The summed E-state index contributed by atoms with van der Waals surface area (Å²) in [5.41, 5.74) is 0.283. The van der Waals surface area contributed by atoms with Gasteiger partial charge in [0, 0.05) is 13.1 Å². The van der Waals surface area contributed by atoms with Crippen LogP contribution in [0.1, 0.15) is 19.8 Å². The standard InChI is InChI=1S/C12H19NO4/c1-9-5-4-6-13(8-9)10(12(15)17-3)7-11(14)16-2/h7,9H,4-6,8H2,1-3H3. The van der Waals surface area contributed by atoms with Crippen molar-refractivity contribution in [1.82, 2.24) is 4.90 Å². The number of methoxy groups -OCH3 is 2. The van der Waals surface area contributed by atoms with Crippen LogP contribution in [-0.4, -0.2) is 44.1 Å². The monoisotopic (exact) mass is 241 g/mol. The summed E-state index contributed by atoms with van der Waals surface area (Å²) in [6.07, 6.45) is 3.35. The second kappa shape index (κ2) is 6.27. The van der Waals surface area contributed by atoms with Crippen molar-refractivity contribution in [3.63, 3.8) is 0 Å². The fourth-order valence-corrected chi connectivity index (χ4v) is 1.96. The molecule has 1 fully saturated rings. The molecule has 1 saturated heterocycles. The summed E-state index contributed by atoms with van der Waals surface area (Å²) in [5, 5.41) is 0. The molecule has 1 atom stereocenters. The third-order valence-corrected chi connectivity index (χ3v) is 2.85. The van der Waals surface area contributed by atoms with Gasteiger partial charge in [-0.2, -0.15) is 0 Å². The van der Waals surface area contributed by atoms with E-state index < -0.39 is 11.9 Å². The molecular weight excluding hydrogens is 222 g/mol. The minimum atomic E-state index is -0.538. The average Bonchev–Trinajstić information content (AvgIpc) is 2.34. The van der Waals surface area contributed by atoms with E-state index in [-0.39, 0.29) is 5.70 Å². The van der Waals surface area contributed by atoms with E-state index in [1.165, 1.54) is 20.3 Å². The zero-order valence-corrected chi connectivity index (χ0v) is 10.6. The Balaban J connectivity index is 2.85. The zero-order valence-electron chi connectivity index (χ0n) is 10.6. The lowest BCUT2D eigenvalue weighted by Gasteiger charge is -2.33. The number of rotatable bonds is 3. The highest BCUT2D eigenvalue weighted by atomic mass is 16.5. The molecule has 0 amide bonds. The van der Waals surface area contributed by atoms with Crippen LogP contribution in [0, 0.1) is 5.92 Å². The molecule has 1 aliphatic heterocycles. The van der Waals surface area contributed by atoms with E-state index in [0.717, 1.165) is 25.9 Å². The van der Waals surface area contributed by atoms with E-state index in [2.05, 4.69) is 16.4 Å². The fraction of sp³-hybridized carbons (Fsp3) is 0.667. The van der Waals surface area contributed by atoms with Gasteiger partial charge in [-0.05, 0) is 18.8 Å². The Labute approximate surface area is 101 Å². The number of hydrogen-bond acceptors (Lipinski definition) is 5. The summed E-state index contributed by atoms with van der Waals surface area (Å²) in [6, 6.07) is 0. The number of likely N-dealkylation sites (tertiary alicyclic amines) is 1. The molecule has 1 rings (SSSR count). The van der Waals surface area contributed by atoms with E-state index in [1.54, 1.807) is 0 Å². The van der Waals surface area contributed by atoms with Gasteiger partial charge in [-0.15, -0.1) is 0 Å². The summed E-state index contributed by atoms with van der Waals surface area (Å²) in [6.45, 7) is 3.65. The summed E-state index contributed by atoms with van der Waals surface area (Å²) in [7, 11) is 2.59. The largest absolute Gasteiger partial charge is 0.466 e. The Hall–Kier alpha value is -1.52. The van der Waals surface area contributed by atoms with Crippen LogP contribution in [0.2, 0.25) is 0 Å². The summed E-state index contributed by atoms with van der Waals surface area (Å²) < 4.78 is 9.23. The smallest absolute Gasteiger partial charge is 0.354 e. The SMILES string of the molecule is COC(=O)C=C(C(=O)OC)N1CCCC(C)C1. The Bertz CT molecular complexity index is 324. The molecule has 0 aromatic heterocycles. The maximum atomic E-state index is 11.6. The first-order valence-electron chi connectivity index (χ1n) is 5.71. The van der Waals surface area contributed by atoms with Crippen LogP contribution in [0.5, 0.6) is 0 Å². The van der Waals surface area contributed by atoms with Crippen molar-refractivity contribution in [2.24, 2.45) is 5.92 Å². The molecule has 5 nitrogen and oxygen atoms in total. The van der Waals surface area contributed by atoms with Crippen LogP contribution in [0.3, 0.4) is 0 Å². The molecule has 0 saturated carbocycles. The lowest BCUT2D eigenvalue weighted by molar-refractivity contribution is -0.140. The van der Waals surface area contributed by atoms with Gasteiger partial charge in [0.15, 0.2) is 0 Å². The van der Waals surface area contributed by atoms with Gasteiger partial charge in [0.25, 0.3) is 0 Å². The Morgan fingerprint density at radius 2 is 2.00 bits per heavy atom. The first-order chi connectivity index (χ1) is 8.08. The average molecular weight is 241 g/mol. The number of carbonyl (C=O) groups excluding carboxylic acids is 2. The predicted molar refractivity (Wildman–Crippen MR) is 62.1 cm³/mol. The molecule has 5 heteroatoms. The third-order valence-electron chi connectivity index (χ3n) is 2.85. The van der Waals surface area contributed by atoms with Gasteiger partial charge < -0.3 is 14.4 Å². The van der Waals surface area contributed by atoms with Crippen LogP contribution in [0.25, 0.3) is 0 Å². The van der Waals surface area contributed by atoms with Crippen molar-refractivity contribution in [1.29, 1.82) is 0 Å². The maximum absolute atomic E-state index is 11.6. The van der Waals surface area contributed by atoms with Crippen molar-refractivity contribution in [3.8, 4) is 0 Å². The summed E-state index contributed by atoms with van der Waals surface area (Å²) in [5.74, 6) is -0.525. The van der Waals surface area contributed by atoms with Gasteiger partial charge in [0.2, 0.25) is 0 Å². The number of esters is 2. The second-order valence-corrected chi connectivity index (χ2v) is 4.24. The molecule has 0 aromatic carbocycles. The molecule has 0 N–H and O–H groups in total. The van der Waals surface area contributed by atoms with Crippen molar-refractivity contribution < 1.29 is 19.1 Å². The molecular formula is C12H19NO4. The van der Waals surface area contributed by atoms with Crippen molar-refractivity contribution in [2.75, 3.05) is 27.3 Å². The lowest BCUT2D eigenvalue weighted by atomic mass is 10.00. The molecule has 17 heavy (non-hydrogen) atoms. The lowest BCUT2D eigenvalue weighted by Crippen LogP contribution is -2.37. The van der Waals surface area contributed by atoms with Gasteiger partial charge >= 0.3 is 11.9 Å². The van der Waals surface area contributed by atoms with Gasteiger partial charge in [-0.3, -0.25) is 0 Å². The summed E-state index contributed by atoms with van der Waals surface area (Å²) >= 11 is 0. The van der Waals surface area contributed by atoms with E-state index in [9.17, 15) is 9.59 Å². The quantitative estimate of drug-likeness (QED) is 0.544. The first kappa shape index (κ1) is 13.5. The normalized spacial score (nSPS) is 21.0. The topological polar surface area (TPSA) is 55.8 Å². The number of hydrogen-bond donors (Lipinski definition) is 0. The second-order valence-electron chi connectivity index (χ2n) is 4.24. The Morgan fingerprint density at radius 3 is 2.53 bits per heavy atom. The van der Waals surface area contributed by atoms with Gasteiger partial charge in [0.1, 0.15) is 5.70 Å². The molecule has 1 unspecified atom stereocenters. The molecule has 0 aromatic rings. The van der Waals surface area contributed by atoms with Crippen molar-refractivity contribution in [2.45, 2.75) is 19.8 Å². The third kappa shape index (κ3) is 3.76. The van der Waals surface area contributed by atoms with Crippen molar-refractivity contribution in [3.05, 3.63) is 11.8 Å². The van der Waals surface area contributed by atoms with Crippen LogP contribution in [0.15, 0.2) is 11.8 Å². The fourth-order valence-electron chi connectivity index (χ4n) is 1.96. The molecule has 0 bridgehead atoms. The molecule has 96 valence electrons. The van der Waals surface area contributed by atoms with Crippen LogP contribution >= 0.6 is 0 Å². The van der Waals surface area contributed by atoms with E-state index in [4.69, 9.17) is 0 Å². The minimum absolute atomic E-state index is 0.283. The highest BCUT2D eigenvalue weighted by molar-refractivity contribution is 5.95. The highest BCUT2D eigenvalue weighted by Crippen LogP contribution is 2.20. The molecule has 1 heterocycles. The first-order valence-corrected chi connectivity index (χ1v) is 5.71. The van der Waals surface area contributed by atoms with Gasteiger partial charge in [-0.1, -0.05) is 6.92 Å². The number of nitrogens with zero attached hydrogens (tertiary/aromatic N) is 1. The van der Waals surface area contributed by atoms with Crippen LogP contribution in [-0.2, 0) is 19.1 Å². The summed E-state index contributed by atoms with van der Waals surface area (Å²) in [4.78, 5) is 24.7. The molecule has 0 spiro atoms. The highest BCUT2D eigenvalue weighted by Gasteiger charge is 2.24. The zero-order chi connectivity index (χ0) is 12.8. The Kier molecular flexibility index (Phi) is 5.00. The Morgan fingerprint density at radius 1 is 1.29 bits per heavy atom. The molecule has 1 aliphatic rings. The van der Waals surface area contributed by atoms with Crippen LogP contribution in [0.4, 0.5) is 0 Å². The minimum Gasteiger partial charge on any atom is -0.466 e. The molecule has 0 radical (unpaired) electrons. The predicted octanol–water partition coefficient (Wildman–Crippen LogP) is 0.948. The molecule has 0 aliphatic carbocycles. The van der Waals surface area contributed by atoms with Gasteiger partial charge in [-0.25, -0.2) is 9.59 Å². The number of carbonyl (C=O) groups is 2.